The molecule has 1 heterocycles. The molecule has 0 fully saturated rings. The maximum absolute atomic E-state index is 11.7. The molecule has 0 aromatic carbocycles. The number of carboxylic acid groups (broad SMARTS) is 1. The number of nitrogens with one attached hydrogen (secondary N) is 2. The number of rotatable bonds is 10. The first-order valence-electron chi connectivity index (χ1n) is 11.0. The van der Waals surface area contributed by atoms with E-state index < -0.39 is 26.5 Å². The predicted molar refractivity (Wildman–Crippen MR) is 128 cm³/mol. The second kappa shape index (κ2) is 11.2. The van der Waals surface area contributed by atoms with E-state index >= 15 is 0 Å². The van der Waals surface area contributed by atoms with E-state index in [1.165, 1.54) is 0 Å². The first-order valence-corrected chi connectivity index (χ1v) is 12.5. The van der Waals surface area contributed by atoms with Crippen LogP contribution in [0.4, 0.5) is 10.6 Å². The average Bonchev–Trinajstić information content (AvgIpc) is 2.94. The van der Waals surface area contributed by atoms with E-state index in [0.29, 0.717) is 32.1 Å². The fourth-order valence-corrected chi connectivity index (χ4v) is 8.21. The predicted octanol–water partition coefficient (Wildman–Crippen LogP) is 3.22. The standard InChI is InChI=1S/C22H41N4O5Si/c1-20(2,3)31-19(29)23-10-12-30-13-11-26-17(14-16(25-26)24-15-18(27)28)32(21(4,5)6)22(7,8)9/h14H,10-13,15H2,1-9H3,(H,23,29)(H,24,25)(H,27,28). The number of nitrogens with zero attached hydrogens (tertiary/aromatic N) is 2. The minimum Gasteiger partial charge on any atom is -0.480 e. The quantitative estimate of drug-likeness (QED) is 0.356. The van der Waals surface area contributed by atoms with Crippen molar-refractivity contribution in [1.29, 1.82) is 0 Å². The van der Waals surface area contributed by atoms with E-state index in [9.17, 15) is 9.59 Å². The fourth-order valence-electron chi connectivity index (χ4n) is 3.73. The summed E-state index contributed by atoms with van der Waals surface area (Å²) in [7, 11) is -1.09. The molecule has 1 aromatic heterocycles. The van der Waals surface area contributed by atoms with Crippen LogP contribution in [-0.2, 0) is 20.8 Å². The molecule has 9 nitrogen and oxygen atoms in total. The van der Waals surface area contributed by atoms with E-state index in [0.717, 1.165) is 5.32 Å². The molecule has 1 radical (unpaired) electrons. The molecular formula is C22H41N4O5Si. The van der Waals surface area contributed by atoms with Crippen molar-refractivity contribution in [2.24, 2.45) is 0 Å². The van der Waals surface area contributed by atoms with Crippen LogP contribution in [0.2, 0.25) is 10.1 Å². The lowest BCUT2D eigenvalue weighted by atomic mass is 10.2. The summed E-state index contributed by atoms with van der Waals surface area (Å²) in [5, 5.41) is 20.4. The normalized spacial score (nSPS) is 12.7. The first kappa shape index (κ1) is 28.0. The van der Waals surface area contributed by atoms with Crippen molar-refractivity contribution in [3.05, 3.63) is 6.07 Å². The van der Waals surface area contributed by atoms with Gasteiger partial charge in [0.15, 0.2) is 0 Å². The van der Waals surface area contributed by atoms with Crippen molar-refractivity contribution in [3.63, 3.8) is 0 Å². The number of alkyl carbamates (subject to hydrolysis) is 1. The lowest BCUT2D eigenvalue weighted by Crippen LogP contribution is -2.49. The van der Waals surface area contributed by atoms with E-state index in [2.05, 4.69) is 57.3 Å². The van der Waals surface area contributed by atoms with Gasteiger partial charge in [-0.05, 0) is 36.9 Å². The van der Waals surface area contributed by atoms with Crippen molar-refractivity contribution < 1.29 is 24.2 Å². The zero-order valence-corrected chi connectivity index (χ0v) is 22.1. The van der Waals surface area contributed by atoms with E-state index in [1.54, 1.807) is 0 Å². The zero-order chi connectivity index (χ0) is 24.7. The smallest absolute Gasteiger partial charge is 0.407 e. The summed E-state index contributed by atoms with van der Waals surface area (Å²) >= 11 is 0. The van der Waals surface area contributed by atoms with Crippen LogP contribution in [0.3, 0.4) is 0 Å². The van der Waals surface area contributed by atoms with Gasteiger partial charge < -0.3 is 25.2 Å². The number of hydrogen-bond donors (Lipinski definition) is 3. The number of amides is 1. The summed E-state index contributed by atoms with van der Waals surface area (Å²) < 4.78 is 12.8. The highest BCUT2D eigenvalue weighted by Crippen LogP contribution is 2.41. The van der Waals surface area contributed by atoms with Gasteiger partial charge in [0.05, 0.1) is 19.8 Å². The van der Waals surface area contributed by atoms with Gasteiger partial charge in [-0.2, -0.15) is 5.10 Å². The summed E-state index contributed by atoms with van der Waals surface area (Å²) in [6.45, 7) is 20.4. The molecule has 183 valence electrons. The van der Waals surface area contributed by atoms with E-state index in [-0.39, 0.29) is 16.6 Å². The van der Waals surface area contributed by atoms with Crippen molar-refractivity contribution in [2.45, 2.75) is 84.5 Å². The van der Waals surface area contributed by atoms with E-state index in [4.69, 9.17) is 14.6 Å². The lowest BCUT2D eigenvalue weighted by Gasteiger charge is -2.39. The summed E-state index contributed by atoms with van der Waals surface area (Å²) in [5.74, 6) is -0.371. The molecule has 1 aromatic rings. The summed E-state index contributed by atoms with van der Waals surface area (Å²) in [5.41, 5.74) is -0.534. The third-order valence-electron chi connectivity index (χ3n) is 4.32. The molecular weight excluding hydrogens is 428 g/mol. The summed E-state index contributed by atoms with van der Waals surface area (Å²) in [4.78, 5) is 22.6. The number of carbonyl (C=O) groups is 2. The van der Waals surface area contributed by atoms with Crippen LogP contribution < -0.4 is 16.0 Å². The molecule has 0 bridgehead atoms. The molecule has 0 aliphatic rings. The minimum absolute atomic E-state index is 0.0724. The highest BCUT2D eigenvalue weighted by Gasteiger charge is 2.40. The van der Waals surface area contributed by atoms with Gasteiger partial charge in [0.25, 0.3) is 0 Å². The molecule has 0 spiro atoms. The van der Waals surface area contributed by atoms with Gasteiger partial charge >= 0.3 is 12.1 Å². The highest BCUT2D eigenvalue weighted by molar-refractivity contribution is 6.77. The van der Waals surface area contributed by atoms with Crippen LogP contribution in [0.1, 0.15) is 62.3 Å². The van der Waals surface area contributed by atoms with Crippen molar-refractivity contribution in [2.75, 3.05) is 31.6 Å². The second-order valence-electron chi connectivity index (χ2n) is 10.8. The molecule has 32 heavy (non-hydrogen) atoms. The van der Waals surface area contributed by atoms with Crippen LogP contribution in [0, 0.1) is 0 Å². The molecule has 0 unspecified atom stereocenters. The zero-order valence-electron chi connectivity index (χ0n) is 21.1. The summed E-state index contributed by atoms with van der Waals surface area (Å²) in [6.07, 6.45) is -0.466. The summed E-state index contributed by atoms with van der Waals surface area (Å²) in [6, 6.07) is 1.98. The fraction of sp³-hybridized carbons (Fsp3) is 0.773. The second-order valence-corrected chi connectivity index (χ2v) is 15.1. The van der Waals surface area contributed by atoms with Crippen LogP contribution in [-0.4, -0.2) is 67.7 Å². The number of ether oxygens (including phenoxy) is 2. The minimum atomic E-state index is -1.09. The van der Waals surface area contributed by atoms with E-state index in [1.807, 2.05) is 31.5 Å². The van der Waals surface area contributed by atoms with Crippen LogP contribution >= 0.6 is 0 Å². The van der Waals surface area contributed by atoms with Gasteiger partial charge in [-0.15, -0.1) is 0 Å². The third-order valence-corrected chi connectivity index (χ3v) is 8.23. The Bertz CT molecular complexity index is 746. The van der Waals surface area contributed by atoms with Gasteiger partial charge in [0, 0.05) is 11.9 Å². The number of aliphatic carboxylic acids is 1. The average molecular weight is 470 g/mol. The molecule has 3 N–H and O–H groups in total. The van der Waals surface area contributed by atoms with Crippen LogP contribution in [0.25, 0.3) is 0 Å². The van der Waals surface area contributed by atoms with Gasteiger partial charge in [-0.25, -0.2) is 4.79 Å². The number of carboxylic acids is 1. The molecule has 0 atom stereocenters. The van der Waals surface area contributed by atoms with Gasteiger partial charge in [0.1, 0.15) is 26.8 Å². The Balaban J connectivity index is 2.81. The van der Waals surface area contributed by atoms with Crippen LogP contribution in [0.15, 0.2) is 6.07 Å². The molecule has 0 aliphatic heterocycles. The molecule has 1 rings (SSSR count). The van der Waals surface area contributed by atoms with Crippen molar-refractivity contribution in [1.82, 2.24) is 15.1 Å². The van der Waals surface area contributed by atoms with Gasteiger partial charge in [0.2, 0.25) is 0 Å². The van der Waals surface area contributed by atoms with Gasteiger partial charge in [-0.3, -0.25) is 9.48 Å². The largest absolute Gasteiger partial charge is 0.480 e. The van der Waals surface area contributed by atoms with Crippen molar-refractivity contribution in [3.8, 4) is 0 Å². The third kappa shape index (κ3) is 10.0. The maximum Gasteiger partial charge on any atom is 0.407 e. The molecule has 1 amide bonds. The Morgan fingerprint density at radius 3 is 2.16 bits per heavy atom. The SMILES string of the molecule is CC(C)(C)OC(=O)NCCOCCn1nc(NCC(=O)O)cc1[Si](C(C)(C)C)C(C)(C)C. The molecule has 10 heteroatoms. The lowest BCUT2D eigenvalue weighted by molar-refractivity contribution is -0.134. The number of anilines is 1. The Hall–Kier alpha value is -2.07. The molecule has 0 aliphatic carbocycles. The Kier molecular flexibility index (Phi) is 9.77. The number of carbonyl (C=O) groups excluding carboxylic acids is 1. The topological polar surface area (TPSA) is 115 Å². The first-order chi connectivity index (χ1) is 14.5. The van der Waals surface area contributed by atoms with Crippen LogP contribution in [0.5, 0.6) is 0 Å². The highest BCUT2D eigenvalue weighted by atomic mass is 28.3. The number of hydrogen-bond acceptors (Lipinski definition) is 6. The Morgan fingerprint density at radius 1 is 1.06 bits per heavy atom. The van der Waals surface area contributed by atoms with Gasteiger partial charge in [-0.1, -0.05) is 41.5 Å². The van der Waals surface area contributed by atoms with Crippen molar-refractivity contribution >= 4 is 32.0 Å². The molecule has 0 saturated carbocycles. The molecule has 0 saturated heterocycles. The Morgan fingerprint density at radius 2 is 1.66 bits per heavy atom. The maximum atomic E-state index is 11.7. The monoisotopic (exact) mass is 469 g/mol. The number of aromatic nitrogens is 2. The Labute approximate surface area is 193 Å².